The van der Waals surface area contributed by atoms with Gasteiger partial charge in [0.15, 0.2) is 0 Å². The fraction of sp³-hybridized carbons (Fsp3) is 0.571. The summed E-state index contributed by atoms with van der Waals surface area (Å²) in [5.41, 5.74) is -0.991. The average molecular weight is 281 g/mol. The van der Waals surface area contributed by atoms with E-state index in [0.29, 0.717) is 11.3 Å². The first kappa shape index (κ1) is 13.1. The lowest BCUT2D eigenvalue weighted by Gasteiger charge is -2.30. The smallest absolute Gasteiger partial charge is 0.106 e. The van der Waals surface area contributed by atoms with E-state index < -0.39 is 15.3 Å². The zero-order valence-corrected chi connectivity index (χ0v) is 11.8. The molecule has 19 heavy (non-hydrogen) atoms. The second-order valence-electron chi connectivity index (χ2n) is 5.41. The van der Waals surface area contributed by atoms with E-state index in [-0.39, 0.29) is 18.0 Å². The minimum Gasteiger partial charge on any atom is -0.386 e. The van der Waals surface area contributed by atoms with Gasteiger partial charge in [-0.15, -0.1) is 0 Å². The van der Waals surface area contributed by atoms with Gasteiger partial charge in [0, 0.05) is 18.4 Å². The van der Waals surface area contributed by atoms with Crippen LogP contribution >= 0.6 is 0 Å². The van der Waals surface area contributed by atoms with E-state index in [1.165, 1.54) is 0 Å². The molecule has 4 atom stereocenters. The van der Waals surface area contributed by atoms with Crippen molar-refractivity contribution in [1.29, 1.82) is 0 Å². The molecule has 1 aromatic carbocycles. The van der Waals surface area contributed by atoms with Gasteiger partial charge in [-0.25, -0.2) is 8.57 Å². The zero-order valence-electron chi connectivity index (χ0n) is 11.0. The molecule has 1 unspecified atom stereocenters. The molecule has 2 aliphatic heterocycles. The first-order chi connectivity index (χ1) is 9.06. The van der Waals surface area contributed by atoms with Crippen molar-refractivity contribution in [2.75, 3.05) is 12.8 Å². The maximum absolute atomic E-state index is 13.0. The highest BCUT2D eigenvalue weighted by molar-refractivity contribution is 7.93. The largest absolute Gasteiger partial charge is 0.386 e. The van der Waals surface area contributed by atoms with Gasteiger partial charge in [0.05, 0.1) is 27.7 Å². The molecule has 104 valence electrons. The molecule has 3 rings (SSSR count). The van der Waals surface area contributed by atoms with E-state index in [1.807, 2.05) is 30.3 Å². The Morgan fingerprint density at radius 3 is 2.68 bits per heavy atom. The standard InChI is InChI=1S/C14H19NO3S/c1-15-19(17,12-5-3-2-4-6-12)10-14(16)9-11-7-8-13(14)18-11/h2-6,11,13,16H,7-10H2,1H3/t11-,13+,14-,19?/m1/s1. The molecular weight excluding hydrogens is 262 g/mol. The third-order valence-electron chi connectivity index (χ3n) is 4.14. The second kappa shape index (κ2) is 4.58. The van der Waals surface area contributed by atoms with Gasteiger partial charge in [-0.2, -0.15) is 0 Å². The van der Waals surface area contributed by atoms with Crippen LogP contribution in [0.3, 0.4) is 0 Å². The monoisotopic (exact) mass is 281 g/mol. The first-order valence-corrected chi connectivity index (χ1v) is 8.30. The first-order valence-electron chi connectivity index (χ1n) is 6.62. The Kier molecular flexibility index (Phi) is 3.15. The van der Waals surface area contributed by atoms with Crippen LogP contribution < -0.4 is 0 Å². The fourth-order valence-electron chi connectivity index (χ4n) is 3.15. The van der Waals surface area contributed by atoms with Gasteiger partial charge in [-0.05, 0) is 25.0 Å². The van der Waals surface area contributed by atoms with E-state index >= 15 is 0 Å². The summed E-state index contributed by atoms with van der Waals surface area (Å²) in [7, 11) is -1.01. The summed E-state index contributed by atoms with van der Waals surface area (Å²) in [5, 5.41) is 10.7. The molecular formula is C14H19NO3S. The lowest BCUT2D eigenvalue weighted by atomic mass is 9.86. The predicted octanol–water partition coefficient (Wildman–Crippen LogP) is 1.83. The van der Waals surface area contributed by atoms with Crippen LogP contribution in [-0.2, 0) is 14.5 Å². The Labute approximate surface area is 114 Å². The van der Waals surface area contributed by atoms with Gasteiger partial charge in [0.1, 0.15) is 5.60 Å². The molecule has 0 aromatic heterocycles. The van der Waals surface area contributed by atoms with Gasteiger partial charge in [0.25, 0.3) is 0 Å². The van der Waals surface area contributed by atoms with E-state index in [4.69, 9.17) is 4.74 Å². The molecule has 2 fully saturated rings. The fourth-order valence-corrected chi connectivity index (χ4v) is 5.22. The van der Waals surface area contributed by atoms with Crippen LogP contribution in [0.5, 0.6) is 0 Å². The van der Waals surface area contributed by atoms with Crippen molar-refractivity contribution in [2.24, 2.45) is 4.36 Å². The maximum Gasteiger partial charge on any atom is 0.106 e. The van der Waals surface area contributed by atoms with Gasteiger partial charge < -0.3 is 9.84 Å². The summed E-state index contributed by atoms with van der Waals surface area (Å²) in [6, 6.07) is 9.21. The lowest BCUT2D eigenvalue weighted by Crippen LogP contribution is -2.45. The predicted molar refractivity (Wildman–Crippen MR) is 73.5 cm³/mol. The maximum atomic E-state index is 13.0. The number of hydrogen-bond acceptors (Lipinski definition) is 4. The van der Waals surface area contributed by atoms with E-state index in [9.17, 15) is 9.32 Å². The number of aliphatic hydroxyl groups is 1. The molecule has 0 radical (unpaired) electrons. The third kappa shape index (κ3) is 2.20. The van der Waals surface area contributed by atoms with Crippen molar-refractivity contribution in [3.05, 3.63) is 30.3 Å². The van der Waals surface area contributed by atoms with Gasteiger partial charge in [-0.1, -0.05) is 18.2 Å². The minimum absolute atomic E-state index is 0.131. The van der Waals surface area contributed by atoms with Crippen molar-refractivity contribution >= 4 is 9.73 Å². The Bertz CT molecular complexity index is 580. The Hall–Kier alpha value is -0.910. The summed E-state index contributed by atoms with van der Waals surface area (Å²) in [6.07, 6.45) is 2.39. The summed E-state index contributed by atoms with van der Waals surface area (Å²) >= 11 is 0. The Balaban J connectivity index is 1.91. The van der Waals surface area contributed by atoms with Gasteiger partial charge in [0.2, 0.25) is 0 Å². The Morgan fingerprint density at radius 1 is 1.42 bits per heavy atom. The molecule has 4 nitrogen and oxygen atoms in total. The van der Waals surface area contributed by atoms with Crippen molar-refractivity contribution in [1.82, 2.24) is 0 Å². The van der Waals surface area contributed by atoms with Crippen molar-refractivity contribution in [3.63, 3.8) is 0 Å². The van der Waals surface area contributed by atoms with Gasteiger partial charge >= 0.3 is 0 Å². The van der Waals surface area contributed by atoms with Crippen LogP contribution in [0.25, 0.3) is 0 Å². The molecule has 1 aromatic rings. The van der Waals surface area contributed by atoms with Gasteiger partial charge in [-0.3, -0.25) is 0 Å². The molecule has 2 bridgehead atoms. The van der Waals surface area contributed by atoms with Crippen LogP contribution in [0.15, 0.2) is 39.6 Å². The van der Waals surface area contributed by atoms with Crippen molar-refractivity contribution in [2.45, 2.75) is 42.0 Å². The number of fused-ring (bicyclic) bond motifs is 2. The minimum atomic E-state index is -2.57. The van der Waals surface area contributed by atoms with Crippen molar-refractivity contribution in [3.8, 4) is 0 Å². The molecule has 0 aliphatic carbocycles. The van der Waals surface area contributed by atoms with E-state index in [1.54, 1.807) is 7.05 Å². The molecule has 5 heteroatoms. The number of hydrogen-bond donors (Lipinski definition) is 1. The van der Waals surface area contributed by atoms with Crippen molar-refractivity contribution < 1.29 is 14.1 Å². The topological polar surface area (TPSA) is 58.9 Å². The summed E-state index contributed by atoms with van der Waals surface area (Å²) in [4.78, 5) is 0.689. The lowest BCUT2D eigenvalue weighted by molar-refractivity contribution is -0.0118. The molecule has 2 saturated heterocycles. The van der Waals surface area contributed by atoms with Crippen LogP contribution in [0.2, 0.25) is 0 Å². The normalized spacial score (nSPS) is 36.1. The molecule has 1 N–H and O–H groups in total. The number of nitrogens with zero attached hydrogens (tertiary/aromatic N) is 1. The summed E-state index contributed by atoms with van der Waals surface area (Å²) in [6.45, 7) is 0. The SMILES string of the molecule is CN=S(=O)(C[C@]1(O)C[C@H]2CC[C@@H]1O2)c1ccccc1. The summed E-state index contributed by atoms with van der Waals surface area (Å²) < 4.78 is 22.8. The average Bonchev–Trinajstić information content (AvgIpc) is 2.99. The molecule has 2 heterocycles. The second-order valence-corrected chi connectivity index (χ2v) is 7.82. The van der Waals surface area contributed by atoms with E-state index in [2.05, 4.69) is 4.36 Å². The highest BCUT2D eigenvalue weighted by Crippen LogP contribution is 2.43. The zero-order chi connectivity index (χ0) is 13.5. The molecule has 0 saturated carbocycles. The highest BCUT2D eigenvalue weighted by Gasteiger charge is 2.52. The summed E-state index contributed by atoms with van der Waals surface area (Å²) in [5.74, 6) is 0.168. The number of benzene rings is 1. The van der Waals surface area contributed by atoms with Crippen LogP contribution in [0.4, 0.5) is 0 Å². The molecule has 2 aliphatic rings. The van der Waals surface area contributed by atoms with Crippen LogP contribution in [0.1, 0.15) is 19.3 Å². The quantitative estimate of drug-likeness (QED) is 0.919. The number of ether oxygens (including phenoxy) is 1. The number of rotatable bonds is 3. The Morgan fingerprint density at radius 2 is 2.16 bits per heavy atom. The molecule has 0 spiro atoms. The molecule has 0 amide bonds. The van der Waals surface area contributed by atoms with Crippen LogP contribution in [0, 0.1) is 0 Å². The highest BCUT2D eigenvalue weighted by atomic mass is 32.2. The third-order valence-corrected chi connectivity index (χ3v) is 6.63. The van der Waals surface area contributed by atoms with Crippen LogP contribution in [-0.4, -0.2) is 39.9 Å². The van der Waals surface area contributed by atoms with E-state index in [0.717, 1.165) is 12.8 Å².